The summed E-state index contributed by atoms with van der Waals surface area (Å²) >= 11 is 0. The number of ether oxygens (including phenoxy) is 1. The van der Waals surface area contributed by atoms with E-state index in [1.165, 1.54) is 6.92 Å². The number of amides is 1. The first-order chi connectivity index (χ1) is 10.7. The van der Waals surface area contributed by atoms with E-state index in [9.17, 15) is 22.8 Å². The molecule has 0 aliphatic carbocycles. The predicted octanol–water partition coefficient (Wildman–Crippen LogP) is 2.01. The Morgan fingerprint density at radius 3 is 2.39 bits per heavy atom. The lowest BCUT2D eigenvalue weighted by Crippen LogP contribution is -2.40. The maximum absolute atomic E-state index is 12.0. The van der Waals surface area contributed by atoms with Crippen molar-refractivity contribution >= 4 is 11.9 Å². The summed E-state index contributed by atoms with van der Waals surface area (Å²) in [4.78, 5) is 22.9. The quantitative estimate of drug-likeness (QED) is 0.763. The summed E-state index contributed by atoms with van der Waals surface area (Å²) in [5, 5.41) is 11.5. The second kappa shape index (κ2) is 8.52. The zero-order chi connectivity index (χ0) is 17.5. The van der Waals surface area contributed by atoms with Crippen LogP contribution in [-0.4, -0.2) is 42.4 Å². The van der Waals surface area contributed by atoms with Gasteiger partial charge in [-0.15, -0.1) is 0 Å². The minimum atomic E-state index is -4.52. The molecule has 0 saturated heterocycles. The van der Waals surface area contributed by atoms with Gasteiger partial charge >= 0.3 is 12.1 Å². The molecule has 1 aromatic rings. The third-order valence-corrected chi connectivity index (χ3v) is 3.06. The first-order valence-electron chi connectivity index (χ1n) is 6.92. The van der Waals surface area contributed by atoms with E-state index in [1.54, 1.807) is 30.3 Å². The minimum absolute atomic E-state index is 0.192. The van der Waals surface area contributed by atoms with E-state index in [0.717, 1.165) is 5.56 Å². The Hall–Kier alpha value is -2.09. The molecule has 8 heteroatoms. The number of carboxylic acids is 1. The molecule has 0 heterocycles. The van der Waals surface area contributed by atoms with E-state index in [2.05, 4.69) is 10.1 Å². The van der Waals surface area contributed by atoms with Gasteiger partial charge in [0.2, 0.25) is 5.91 Å². The Kier molecular flexibility index (Phi) is 7.02. The molecule has 1 rings (SSSR count). The van der Waals surface area contributed by atoms with Crippen molar-refractivity contribution in [2.45, 2.75) is 25.6 Å². The van der Waals surface area contributed by atoms with E-state index in [1.807, 2.05) is 0 Å². The average Bonchev–Trinajstić information content (AvgIpc) is 2.48. The Labute approximate surface area is 131 Å². The van der Waals surface area contributed by atoms with Gasteiger partial charge in [0.15, 0.2) is 0 Å². The van der Waals surface area contributed by atoms with Gasteiger partial charge in [0.25, 0.3) is 0 Å². The Morgan fingerprint density at radius 1 is 1.26 bits per heavy atom. The van der Waals surface area contributed by atoms with Crippen LogP contribution >= 0.6 is 0 Å². The molecule has 1 aromatic carbocycles. The number of hydrogen-bond acceptors (Lipinski definition) is 3. The number of carboxylic acid groups (broad SMARTS) is 1. The van der Waals surface area contributed by atoms with E-state index >= 15 is 0 Å². The van der Waals surface area contributed by atoms with Crippen LogP contribution < -0.4 is 5.32 Å². The van der Waals surface area contributed by atoms with Crippen molar-refractivity contribution in [3.05, 3.63) is 35.9 Å². The molecule has 2 N–H and O–H groups in total. The normalized spacial score (nSPS) is 14.1. The minimum Gasteiger partial charge on any atom is -0.481 e. The molecule has 0 radical (unpaired) electrons. The highest BCUT2D eigenvalue weighted by Crippen LogP contribution is 2.15. The molecule has 0 bridgehead atoms. The highest BCUT2D eigenvalue weighted by molar-refractivity contribution is 5.81. The molecule has 0 aliphatic heterocycles. The second-order valence-corrected chi connectivity index (χ2v) is 5.04. The number of hydrogen-bond donors (Lipinski definition) is 2. The average molecular weight is 333 g/mol. The third-order valence-electron chi connectivity index (χ3n) is 3.06. The number of carbonyl (C=O) groups is 2. The summed E-state index contributed by atoms with van der Waals surface area (Å²) < 4.78 is 40.4. The Bertz CT molecular complexity index is 519. The molecule has 0 fully saturated rings. The molecule has 0 saturated carbocycles. The topological polar surface area (TPSA) is 75.6 Å². The van der Waals surface area contributed by atoms with E-state index in [4.69, 9.17) is 5.11 Å². The van der Waals surface area contributed by atoms with Crippen LogP contribution in [0.4, 0.5) is 13.2 Å². The number of carbonyl (C=O) groups excluding carboxylic acids is 1. The van der Waals surface area contributed by atoms with Gasteiger partial charge in [-0.25, -0.2) is 0 Å². The van der Waals surface area contributed by atoms with Gasteiger partial charge in [0.05, 0.1) is 5.92 Å². The number of alkyl halides is 3. The molecule has 5 nitrogen and oxygen atoms in total. The van der Waals surface area contributed by atoms with Crippen molar-refractivity contribution in [1.82, 2.24) is 5.32 Å². The number of benzene rings is 1. The number of nitrogens with one attached hydrogen (secondary N) is 1. The fourth-order valence-electron chi connectivity index (χ4n) is 1.81. The van der Waals surface area contributed by atoms with Gasteiger partial charge in [-0.2, -0.15) is 13.2 Å². The lowest BCUT2D eigenvalue weighted by Gasteiger charge is -2.17. The van der Waals surface area contributed by atoms with Gasteiger partial charge in [-0.3, -0.25) is 9.59 Å². The van der Waals surface area contributed by atoms with Crippen LogP contribution in [0, 0.1) is 5.92 Å². The van der Waals surface area contributed by atoms with Crippen molar-refractivity contribution in [3.63, 3.8) is 0 Å². The summed E-state index contributed by atoms with van der Waals surface area (Å²) in [7, 11) is 0. The van der Waals surface area contributed by atoms with E-state index in [-0.39, 0.29) is 13.0 Å². The molecule has 0 spiro atoms. The fourth-order valence-corrected chi connectivity index (χ4v) is 1.81. The number of halogens is 3. The van der Waals surface area contributed by atoms with Crippen LogP contribution in [0.25, 0.3) is 0 Å². The fraction of sp³-hybridized carbons (Fsp3) is 0.467. The lowest BCUT2D eigenvalue weighted by atomic mass is 9.99. The van der Waals surface area contributed by atoms with Crippen molar-refractivity contribution in [2.24, 2.45) is 5.92 Å². The van der Waals surface area contributed by atoms with Crippen molar-refractivity contribution in [2.75, 3.05) is 13.2 Å². The van der Waals surface area contributed by atoms with E-state index < -0.39 is 36.7 Å². The molecular formula is C15H18F3NO4. The molecule has 23 heavy (non-hydrogen) atoms. The monoisotopic (exact) mass is 333 g/mol. The van der Waals surface area contributed by atoms with Gasteiger partial charge in [0.1, 0.15) is 12.7 Å². The molecule has 2 atom stereocenters. The first kappa shape index (κ1) is 19.0. The first-order valence-corrected chi connectivity index (χ1v) is 6.92. The molecule has 0 aliphatic rings. The standard InChI is InChI=1S/C15H18F3NO4/c1-10(23-9-15(16,17)18)13(20)19-8-12(14(21)22)7-11-5-3-2-4-6-11/h2-6,10,12H,7-9H2,1H3,(H,19,20)(H,21,22)/t10-,12-/m1/s1. The van der Waals surface area contributed by atoms with Crippen molar-refractivity contribution in [1.29, 1.82) is 0 Å². The zero-order valence-electron chi connectivity index (χ0n) is 12.5. The van der Waals surface area contributed by atoms with Crippen LogP contribution in [0.15, 0.2) is 30.3 Å². The van der Waals surface area contributed by atoms with Gasteiger partial charge in [-0.05, 0) is 18.9 Å². The molecule has 0 aromatic heterocycles. The summed E-state index contributed by atoms with van der Waals surface area (Å²) in [6.07, 6.45) is -5.64. The molecular weight excluding hydrogens is 315 g/mol. The van der Waals surface area contributed by atoms with Gasteiger partial charge < -0.3 is 15.2 Å². The van der Waals surface area contributed by atoms with E-state index in [0.29, 0.717) is 0 Å². The van der Waals surface area contributed by atoms with Gasteiger partial charge in [-0.1, -0.05) is 30.3 Å². The smallest absolute Gasteiger partial charge is 0.411 e. The summed E-state index contributed by atoms with van der Waals surface area (Å²) in [5.41, 5.74) is 0.788. The van der Waals surface area contributed by atoms with Crippen LogP contribution in [0.1, 0.15) is 12.5 Å². The molecule has 1 amide bonds. The van der Waals surface area contributed by atoms with Crippen LogP contribution in [0.3, 0.4) is 0 Å². The number of aliphatic carboxylic acids is 1. The summed E-state index contributed by atoms with van der Waals surface area (Å²) in [6, 6.07) is 8.83. The molecule has 128 valence electrons. The van der Waals surface area contributed by atoms with Crippen molar-refractivity contribution < 1.29 is 32.6 Å². The summed E-state index contributed by atoms with van der Waals surface area (Å²) in [6.45, 7) is -0.551. The maximum atomic E-state index is 12.0. The zero-order valence-corrected chi connectivity index (χ0v) is 12.5. The summed E-state index contributed by atoms with van der Waals surface area (Å²) in [5.74, 6) is -2.76. The molecule has 0 unspecified atom stereocenters. The maximum Gasteiger partial charge on any atom is 0.411 e. The largest absolute Gasteiger partial charge is 0.481 e. The number of rotatable bonds is 8. The lowest BCUT2D eigenvalue weighted by molar-refractivity contribution is -0.185. The highest BCUT2D eigenvalue weighted by Gasteiger charge is 2.30. The Morgan fingerprint density at radius 2 is 1.87 bits per heavy atom. The Balaban J connectivity index is 2.48. The predicted molar refractivity (Wildman–Crippen MR) is 75.8 cm³/mol. The SMILES string of the molecule is C[C@@H](OCC(F)(F)F)C(=O)NC[C@@H](Cc1ccccc1)C(=O)O. The third kappa shape index (κ3) is 7.64. The second-order valence-electron chi connectivity index (χ2n) is 5.04. The van der Waals surface area contributed by atoms with Gasteiger partial charge in [0, 0.05) is 6.54 Å². The van der Waals surface area contributed by atoms with Crippen LogP contribution in [0.5, 0.6) is 0 Å². The van der Waals surface area contributed by atoms with Crippen LogP contribution in [0.2, 0.25) is 0 Å². The van der Waals surface area contributed by atoms with Crippen molar-refractivity contribution in [3.8, 4) is 0 Å². The highest BCUT2D eigenvalue weighted by atomic mass is 19.4. The van der Waals surface area contributed by atoms with Crippen LogP contribution in [-0.2, 0) is 20.7 Å².